The van der Waals surface area contributed by atoms with Crippen LogP contribution in [0.2, 0.25) is 0 Å². The van der Waals surface area contributed by atoms with Crippen LogP contribution >= 0.6 is 11.3 Å². The van der Waals surface area contributed by atoms with Crippen LogP contribution in [0, 0.1) is 0 Å². The second kappa shape index (κ2) is 8.64. The first-order valence-corrected chi connectivity index (χ1v) is 11.7. The fourth-order valence-electron chi connectivity index (χ4n) is 3.94. The zero-order valence-corrected chi connectivity index (χ0v) is 19.3. The van der Waals surface area contributed by atoms with E-state index < -0.39 is 0 Å². The molecule has 33 heavy (non-hydrogen) atoms. The number of hydrogen-bond acceptors (Lipinski definition) is 4. The van der Waals surface area contributed by atoms with Gasteiger partial charge in [-0.05, 0) is 47.9 Å². The number of carbonyl (C=O) groups is 1. The summed E-state index contributed by atoms with van der Waals surface area (Å²) in [6.45, 7) is 4.38. The van der Waals surface area contributed by atoms with Crippen molar-refractivity contribution >= 4 is 49.2 Å². The third-order valence-corrected chi connectivity index (χ3v) is 6.75. The third kappa shape index (κ3) is 4.05. The molecule has 6 heteroatoms. The first-order chi connectivity index (χ1) is 16.0. The molecule has 0 bridgehead atoms. The van der Waals surface area contributed by atoms with Gasteiger partial charge in [-0.1, -0.05) is 61.6 Å². The van der Waals surface area contributed by atoms with E-state index in [1.165, 1.54) is 23.0 Å². The lowest BCUT2D eigenvalue weighted by Gasteiger charge is -2.22. The number of aromatic nitrogens is 2. The number of fused-ring (bicyclic) bond motifs is 2. The summed E-state index contributed by atoms with van der Waals surface area (Å²) < 4.78 is 2.85. The van der Waals surface area contributed by atoms with Crippen molar-refractivity contribution in [1.29, 1.82) is 0 Å². The largest absolute Gasteiger partial charge is 0.338 e. The van der Waals surface area contributed by atoms with Gasteiger partial charge in [-0.15, -0.1) is 0 Å². The maximum absolute atomic E-state index is 13.7. The van der Waals surface area contributed by atoms with Crippen molar-refractivity contribution in [3.63, 3.8) is 0 Å². The normalized spacial score (nSPS) is 11.4. The minimum absolute atomic E-state index is 0.0541. The summed E-state index contributed by atoms with van der Waals surface area (Å²) >= 11 is 1.49. The van der Waals surface area contributed by atoms with Crippen molar-refractivity contribution in [1.82, 2.24) is 9.55 Å². The summed E-state index contributed by atoms with van der Waals surface area (Å²) in [7, 11) is 0. The average Bonchev–Trinajstić information content (AvgIpc) is 3.25. The van der Waals surface area contributed by atoms with Gasteiger partial charge in [-0.25, -0.2) is 4.98 Å². The zero-order valence-electron chi connectivity index (χ0n) is 18.4. The molecule has 0 aliphatic heterocycles. The van der Waals surface area contributed by atoms with Gasteiger partial charge >= 0.3 is 0 Å². The Hall–Kier alpha value is -3.77. The van der Waals surface area contributed by atoms with Crippen molar-refractivity contribution in [3.05, 3.63) is 101 Å². The van der Waals surface area contributed by atoms with E-state index in [0.29, 0.717) is 16.4 Å². The van der Waals surface area contributed by atoms with E-state index in [4.69, 9.17) is 4.98 Å². The van der Waals surface area contributed by atoms with Crippen molar-refractivity contribution in [2.75, 3.05) is 4.90 Å². The summed E-state index contributed by atoms with van der Waals surface area (Å²) in [6, 6.07) is 24.8. The van der Waals surface area contributed by atoms with Crippen LogP contribution < -0.4 is 10.3 Å². The van der Waals surface area contributed by atoms with Crippen LogP contribution in [0.25, 0.3) is 21.1 Å². The molecule has 5 rings (SSSR count). The number of benzene rings is 3. The Labute approximate surface area is 195 Å². The van der Waals surface area contributed by atoms with E-state index >= 15 is 0 Å². The van der Waals surface area contributed by atoms with E-state index in [-0.39, 0.29) is 17.9 Å². The molecular weight excluding hydrogens is 430 g/mol. The van der Waals surface area contributed by atoms with Crippen LogP contribution in [0.1, 0.15) is 25.3 Å². The van der Waals surface area contributed by atoms with Gasteiger partial charge in [-0.3, -0.25) is 14.5 Å². The minimum Gasteiger partial charge on any atom is -0.338 e. The lowest BCUT2D eigenvalue weighted by Crippen LogP contribution is -2.30. The monoisotopic (exact) mass is 453 g/mol. The Morgan fingerprint density at radius 3 is 2.45 bits per heavy atom. The molecule has 0 aliphatic carbocycles. The molecular formula is C27H23N3O2S. The average molecular weight is 454 g/mol. The number of pyridine rings is 1. The molecule has 164 valence electrons. The molecule has 0 saturated carbocycles. The predicted molar refractivity (Wildman–Crippen MR) is 136 cm³/mol. The highest BCUT2D eigenvalue weighted by atomic mass is 32.1. The van der Waals surface area contributed by atoms with Crippen LogP contribution in [0.3, 0.4) is 0 Å². The lowest BCUT2D eigenvalue weighted by molar-refractivity contribution is -0.118. The number of rotatable bonds is 5. The molecule has 5 aromatic rings. The van der Waals surface area contributed by atoms with Gasteiger partial charge in [0, 0.05) is 17.6 Å². The Balaban J connectivity index is 1.59. The first-order valence-electron chi connectivity index (χ1n) is 10.9. The molecule has 2 aromatic heterocycles. The van der Waals surface area contributed by atoms with Crippen molar-refractivity contribution < 1.29 is 4.79 Å². The molecule has 0 radical (unpaired) electrons. The molecule has 0 atom stereocenters. The van der Waals surface area contributed by atoms with Gasteiger partial charge < -0.3 is 4.57 Å². The highest BCUT2D eigenvalue weighted by molar-refractivity contribution is 7.22. The van der Waals surface area contributed by atoms with Gasteiger partial charge in [-0.2, -0.15) is 0 Å². The van der Waals surface area contributed by atoms with Gasteiger partial charge in [0.25, 0.3) is 5.91 Å². The van der Waals surface area contributed by atoms with E-state index in [9.17, 15) is 9.59 Å². The second-order valence-electron chi connectivity index (χ2n) is 8.26. The standard InChI is InChI=1S/C27H23N3O2S/c1-18(2)19-11-13-20(14-12-19)30(27-28-22-8-4-6-10-25(22)33-27)26(32)17-29-16-15-24(31)21-7-3-5-9-23(21)29/h3-16,18H,17H2,1-2H3. The highest BCUT2D eigenvalue weighted by Gasteiger charge is 2.23. The third-order valence-electron chi connectivity index (χ3n) is 5.73. The molecule has 0 fully saturated rings. The molecule has 2 heterocycles. The lowest BCUT2D eigenvalue weighted by atomic mass is 10.0. The molecule has 0 unspecified atom stereocenters. The number of amides is 1. The van der Waals surface area contributed by atoms with Crippen LogP contribution in [-0.2, 0) is 11.3 Å². The van der Waals surface area contributed by atoms with Crippen LogP contribution in [0.4, 0.5) is 10.8 Å². The van der Waals surface area contributed by atoms with Crippen molar-refractivity contribution in [3.8, 4) is 0 Å². The topological polar surface area (TPSA) is 55.2 Å². The second-order valence-corrected chi connectivity index (χ2v) is 9.27. The summed E-state index contributed by atoms with van der Waals surface area (Å²) in [4.78, 5) is 32.4. The van der Waals surface area contributed by atoms with E-state index in [2.05, 4.69) is 26.0 Å². The quantitative estimate of drug-likeness (QED) is 0.323. The Kier molecular flexibility index (Phi) is 5.52. The number of para-hydroxylation sites is 2. The number of thiazole rings is 1. The van der Waals surface area contributed by atoms with Gasteiger partial charge in [0.2, 0.25) is 0 Å². The summed E-state index contributed by atoms with van der Waals surface area (Å²) in [5, 5.41) is 1.23. The van der Waals surface area contributed by atoms with Gasteiger partial charge in [0.05, 0.1) is 21.4 Å². The number of nitrogens with zero attached hydrogens (tertiary/aromatic N) is 3. The molecule has 1 amide bonds. The predicted octanol–water partition coefficient (Wildman–Crippen LogP) is 6.10. The van der Waals surface area contributed by atoms with Crippen molar-refractivity contribution in [2.24, 2.45) is 0 Å². The number of anilines is 2. The molecule has 3 aromatic carbocycles. The smallest absolute Gasteiger partial charge is 0.253 e. The molecule has 0 spiro atoms. The van der Waals surface area contributed by atoms with Crippen LogP contribution in [-0.4, -0.2) is 15.5 Å². The van der Waals surface area contributed by atoms with E-state index in [1.54, 1.807) is 17.2 Å². The molecule has 0 N–H and O–H groups in total. The maximum atomic E-state index is 13.7. The highest BCUT2D eigenvalue weighted by Crippen LogP contribution is 2.34. The SMILES string of the molecule is CC(C)c1ccc(N(C(=O)Cn2ccc(=O)c3ccccc32)c2nc3ccccc3s2)cc1. The fourth-order valence-corrected chi connectivity index (χ4v) is 4.94. The summed E-state index contributed by atoms with van der Waals surface area (Å²) in [5.41, 5.74) is 3.53. The Bertz CT molecular complexity index is 1480. The maximum Gasteiger partial charge on any atom is 0.253 e. The van der Waals surface area contributed by atoms with Gasteiger partial charge in [0.1, 0.15) is 6.54 Å². The summed E-state index contributed by atoms with van der Waals surface area (Å²) in [6.07, 6.45) is 1.68. The molecule has 0 saturated heterocycles. The number of carbonyl (C=O) groups excluding carboxylic acids is 1. The van der Waals surface area contributed by atoms with E-state index in [0.717, 1.165) is 21.4 Å². The first kappa shape index (κ1) is 21.1. The van der Waals surface area contributed by atoms with Gasteiger partial charge in [0.15, 0.2) is 10.6 Å². The fraction of sp³-hybridized carbons (Fsp3) is 0.148. The summed E-state index contributed by atoms with van der Waals surface area (Å²) in [5.74, 6) is 0.276. The minimum atomic E-state index is -0.125. The van der Waals surface area contributed by atoms with Crippen molar-refractivity contribution in [2.45, 2.75) is 26.3 Å². The molecule has 5 nitrogen and oxygen atoms in total. The Morgan fingerprint density at radius 2 is 1.70 bits per heavy atom. The van der Waals surface area contributed by atoms with E-state index in [1.807, 2.05) is 59.2 Å². The zero-order chi connectivity index (χ0) is 22.9. The Morgan fingerprint density at radius 1 is 0.970 bits per heavy atom. The molecule has 0 aliphatic rings. The number of hydrogen-bond donors (Lipinski definition) is 0. The van der Waals surface area contributed by atoms with Crippen LogP contribution in [0.15, 0.2) is 89.9 Å². The van der Waals surface area contributed by atoms with Crippen LogP contribution in [0.5, 0.6) is 0 Å².